The third kappa shape index (κ3) is 14.8. The van der Waals surface area contributed by atoms with Gasteiger partial charge in [0, 0.05) is 0 Å². The van der Waals surface area contributed by atoms with Crippen LogP contribution in [0.1, 0.15) is 0 Å². The van der Waals surface area contributed by atoms with Gasteiger partial charge in [0.05, 0.1) is 55.4 Å². The van der Waals surface area contributed by atoms with Crippen LogP contribution in [-0.2, 0) is 0 Å². The first-order valence-electron chi connectivity index (χ1n) is 4.47. The molecule has 0 aromatic heterocycles. The number of rotatable bonds is 4. The van der Waals surface area contributed by atoms with Crippen molar-refractivity contribution < 1.29 is 8.97 Å². The molecule has 0 aromatic carbocycles. The Bertz CT molecular complexity index is 133. The molecule has 13 heavy (non-hydrogen) atoms. The van der Waals surface area contributed by atoms with E-state index in [1.807, 2.05) is 0 Å². The van der Waals surface area contributed by atoms with Gasteiger partial charge in [-0.05, 0) is 12.2 Å². The highest BCUT2D eigenvalue weighted by Gasteiger charge is 2.04. The molecule has 0 saturated heterocycles. The number of halogens is 1. The molecule has 0 N–H and O–H groups in total. The van der Waals surface area contributed by atoms with Crippen molar-refractivity contribution in [2.24, 2.45) is 0 Å². The van der Waals surface area contributed by atoms with Crippen molar-refractivity contribution in [1.29, 1.82) is 0 Å². The van der Waals surface area contributed by atoms with E-state index in [1.54, 1.807) is 0 Å². The van der Waals surface area contributed by atoms with Crippen LogP contribution in [0.3, 0.4) is 0 Å². The maximum Gasteiger partial charge on any atom is 0.0969 e. The van der Waals surface area contributed by atoms with Crippen molar-refractivity contribution in [2.45, 2.75) is 0 Å². The molecule has 0 saturated carbocycles. The lowest BCUT2D eigenvalue weighted by molar-refractivity contribution is -0.866. The predicted octanol–water partition coefficient (Wildman–Crippen LogP) is 1.38. The van der Waals surface area contributed by atoms with E-state index >= 15 is 0 Å². The summed E-state index contributed by atoms with van der Waals surface area (Å²) in [6, 6.07) is 0. The highest BCUT2D eigenvalue weighted by molar-refractivity contribution is 5.85. The summed E-state index contributed by atoms with van der Waals surface area (Å²) in [5, 5.41) is 0. The van der Waals surface area contributed by atoms with E-state index in [-0.39, 0.29) is 12.4 Å². The molecule has 0 unspecified atom stereocenters. The van der Waals surface area contributed by atoms with Gasteiger partial charge in [-0.15, -0.1) is 12.4 Å². The number of likely N-dealkylation sites (N-methyl/N-ethyl adjacent to an activating group) is 2. The molecular formula is C10H25ClN2+2. The van der Waals surface area contributed by atoms with Gasteiger partial charge in [-0.25, -0.2) is 0 Å². The minimum Gasteiger partial charge on any atom is -0.328 e. The minimum absolute atomic E-state index is 0. The SMILES string of the molecule is C[N+](C)(C)C/C=C/C[N+](C)(C)C.Cl. The van der Waals surface area contributed by atoms with E-state index in [4.69, 9.17) is 0 Å². The van der Waals surface area contributed by atoms with Crippen molar-refractivity contribution in [3.05, 3.63) is 12.2 Å². The molecule has 0 rings (SSSR count). The van der Waals surface area contributed by atoms with E-state index in [0.29, 0.717) is 0 Å². The molecule has 0 aromatic rings. The van der Waals surface area contributed by atoms with Crippen LogP contribution in [0.15, 0.2) is 12.2 Å². The summed E-state index contributed by atoms with van der Waals surface area (Å²) in [6.07, 6.45) is 4.53. The zero-order chi connectivity index (χ0) is 9.83. The van der Waals surface area contributed by atoms with Crippen LogP contribution in [0.4, 0.5) is 0 Å². The molecule has 0 spiro atoms. The number of quaternary nitrogens is 2. The van der Waals surface area contributed by atoms with E-state index in [1.165, 1.54) is 0 Å². The molecule has 0 amide bonds. The molecule has 0 atom stereocenters. The van der Waals surface area contributed by atoms with E-state index in [9.17, 15) is 0 Å². The summed E-state index contributed by atoms with van der Waals surface area (Å²) in [5.41, 5.74) is 0. The van der Waals surface area contributed by atoms with Crippen LogP contribution >= 0.6 is 12.4 Å². The Morgan fingerprint density at radius 3 is 1.08 bits per heavy atom. The molecule has 2 nitrogen and oxygen atoms in total. The van der Waals surface area contributed by atoms with Crippen LogP contribution in [0, 0.1) is 0 Å². The van der Waals surface area contributed by atoms with Gasteiger partial charge < -0.3 is 8.97 Å². The Hall–Kier alpha value is -0.0500. The second-order valence-corrected chi connectivity index (χ2v) is 5.42. The molecule has 0 aliphatic rings. The van der Waals surface area contributed by atoms with Gasteiger partial charge in [-0.1, -0.05) is 0 Å². The summed E-state index contributed by atoms with van der Waals surface area (Å²) >= 11 is 0. The average Bonchev–Trinajstić information content (AvgIpc) is 1.76. The predicted molar refractivity (Wildman–Crippen MR) is 62.2 cm³/mol. The third-order valence-electron chi connectivity index (χ3n) is 1.47. The summed E-state index contributed by atoms with van der Waals surface area (Å²) in [4.78, 5) is 0. The molecule has 0 aliphatic carbocycles. The van der Waals surface area contributed by atoms with Gasteiger partial charge in [-0.2, -0.15) is 0 Å². The molecular weight excluding hydrogens is 184 g/mol. The first-order valence-corrected chi connectivity index (χ1v) is 4.47. The second-order valence-electron chi connectivity index (χ2n) is 5.42. The van der Waals surface area contributed by atoms with Gasteiger partial charge in [0.2, 0.25) is 0 Å². The van der Waals surface area contributed by atoms with Crippen molar-refractivity contribution in [2.75, 3.05) is 55.4 Å². The lowest BCUT2D eigenvalue weighted by Crippen LogP contribution is -2.36. The second kappa shape index (κ2) is 5.63. The Morgan fingerprint density at radius 1 is 0.692 bits per heavy atom. The smallest absolute Gasteiger partial charge is 0.0969 e. The molecule has 0 radical (unpaired) electrons. The standard InChI is InChI=1S/C10H24N2.ClH/c1-11(2,3)9-7-8-10-12(4,5)6;/h7-8H,9-10H2,1-6H3;1H/q+2;/b8-7+;. The molecule has 0 heterocycles. The van der Waals surface area contributed by atoms with Gasteiger partial charge in [0.15, 0.2) is 0 Å². The summed E-state index contributed by atoms with van der Waals surface area (Å²) < 4.78 is 2.02. The van der Waals surface area contributed by atoms with Gasteiger partial charge in [0.25, 0.3) is 0 Å². The van der Waals surface area contributed by atoms with Gasteiger partial charge in [0.1, 0.15) is 0 Å². The summed E-state index contributed by atoms with van der Waals surface area (Å²) in [7, 11) is 13.2. The number of hydrogen-bond acceptors (Lipinski definition) is 0. The monoisotopic (exact) mass is 208 g/mol. The van der Waals surface area contributed by atoms with Crippen molar-refractivity contribution >= 4 is 12.4 Å². The zero-order valence-electron chi connectivity index (χ0n) is 9.87. The van der Waals surface area contributed by atoms with Crippen LogP contribution in [0.5, 0.6) is 0 Å². The van der Waals surface area contributed by atoms with Crippen molar-refractivity contribution in [3.63, 3.8) is 0 Å². The highest BCUT2D eigenvalue weighted by atomic mass is 35.5. The topological polar surface area (TPSA) is 0 Å². The Balaban J connectivity index is 0. The molecule has 3 heteroatoms. The maximum atomic E-state index is 2.27. The fourth-order valence-corrected chi connectivity index (χ4v) is 0.782. The number of nitrogens with zero attached hydrogens (tertiary/aromatic N) is 2. The Morgan fingerprint density at radius 2 is 0.923 bits per heavy atom. The lowest BCUT2D eigenvalue weighted by Gasteiger charge is -2.23. The van der Waals surface area contributed by atoms with E-state index < -0.39 is 0 Å². The lowest BCUT2D eigenvalue weighted by atomic mass is 10.4. The first-order chi connectivity index (χ1) is 5.21. The molecule has 0 fully saturated rings. The third-order valence-corrected chi connectivity index (χ3v) is 1.47. The van der Waals surface area contributed by atoms with Crippen molar-refractivity contribution in [1.82, 2.24) is 0 Å². The average molecular weight is 209 g/mol. The van der Waals surface area contributed by atoms with Gasteiger partial charge in [-0.3, -0.25) is 0 Å². The largest absolute Gasteiger partial charge is 0.328 e. The quantitative estimate of drug-likeness (QED) is 0.484. The number of hydrogen-bond donors (Lipinski definition) is 0. The van der Waals surface area contributed by atoms with Crippen LogP contribution in [0.2, 0.25) is 0 Å². The van der Waals surface area contributed by atoms with Crippen LogP contribution in [0.25, 0.3) is 0 Å². The van der Waals surface area contributed by atoms with Crippen molar-refractivity contribution in [3.8, 4) is 0 Å². The van der Waals surface area contributed by atoms with Crippen LogP contribution < -0.4 is 0 Å². The molecule has 0 aliphatic heterocycles. The summed E-state index contributed by atoms with van der Waals surface area (Å²) in [5.74, 6) is 0. The van der Waals surface area contributed by atoms with Gasteiger partial charge >= 0.3 is 0 Å². The molecule has 80 valence electrons. The fraction of sp³-hybridized carbons (Fsp3) is 0.800. The van der Waals surface area contributed by atoms with E-state index in [2.05, 4.69) is 54.4 Å². The van der Waals surface area contributed by atoms with Crippen LogP contribution in [-0.4, -0.2) is 64.3 Å². The minimum atomic E-state index is 0. The fourth-order valence-electron chi connectivity index (χ4n) is 0.782. The summed E-state index contributed by atoms with van der Waals surface area (Å²) in [6.45, 7) is 2.22. The maximum absolute atomic E-state index is 2.27. The molecule has 0 bridgehead atoms. The normalized spacial score (nSPS) is 13.1. The Kier molecular flexibility index (Phi) is 6.68. The first kappa shape index (κ1) is 15.4. The highest BCUT2D eigenvalue weighted by Crippen LogP contribution is 1.93. The zero-order valence-corrected chi connectivity index (χ0v) is 10.7. The van der Waals surface area contributed by atoms with E-state index in [0.717, 1.165) is 22.1 Å². The Labute approximate surface area is 89.4 Å².